The zero-order chi connectivity index (χ0) is 20.1. The Morgan fingerprint density at radius 2 is 1.00 bits per heavy atom. The Kier molecular flexibility index (Phi) is 12.4. The summed E-state index contributed by atoms with van der Waals surface area (Å²) in [5, 5.41) is 5.47. The Morgan fingerprint density at radius 3 is 1.14 bits per heavy atom. The average Bonchev–Trinajstić information content (AvgIpc) is 2.44. The quantitative estimate of drug-likeness (QED) is 0.517. The lowest BCUT2D eigenvalue weighted by atomic mass is 9.87. The Bertz CT molecular complexity index is 451. The van der Waals surface area contributed by atoms with E-state index >= 15 is 0 Å². The third-order valence-electron chi connectivity index (χ3n) is 4.06. The molecule has 0 aromatic heterocycles. The van der Waals surface area contributed by atoms with Crippen LogP contribution in [0.5, 0.6) is 0 Å². The van der Waals surface area contributed by atoms with Gasteiger partial charge in [-0.15, -0.1) is 24.8 Å². The topological polar surface area (TPSA) is 129 Å². The van der Waals surface area contributed by atoms with E-state index in [1.807, 2.05) is 41.5 Å². The minimum atomic E-state index is -0.433. The van der Waals surface area contributed by atoms with E-state index in [0.29, 0.717) is 0 Å². The molecule has 0 unspecified atom stereocenters. The summed E-state index contributed by atoms with van der Waals surface area (Å²) in [5.74, 6) is 0. The van der Waals surface area contributed by atoms with Crippen LogP contribution in [0.25, 0.3) is 0 Å². The standard InChI is InChI=1S/2C9H18N2O2.2ClH/c2*1-9(2,3)13-8(12)11-7-5-4-6(7)10;;/h2*6-7H,4-5,10H2,1-3H3,(H,11,12);2*1H/t2*6-,7+;;/m10../s1. The van der Waals surface area contributed by atoms with Crippen molar-refractivity contribution in [3.8, 4) is 0 Å². The molecule has 0 spiro atoms. The van der Waals surface area contributed by atoms with Crippen molar-refractivity contribution in [3.63, 3.8) is 0 Å². The molecule has 2 saturated carbocycles. The Morgan fingerprint density at radius 1 is 0.714 bits per heavy atom. The molecule has 0 aromatic rings. The highest BCUT2D eigenvalue weighted by Gasteiger charge is 2.31. The summed E-state index contributed by atoms with van der Waals surface area (Å²) in [6, 6.07) is 0.421. The molecule has 0 heterocycles. The number of nitrogens with one attached hydrogen (secondary N) is 2. The third kappa shape index (κ3) is 11.8. The first-order valence-electron chi connectivity index (χ1n) is 9.27. The molecule has 2 fully saturated rings. The first-order chi connectivity index (χ1) is 11.8. The van der Waals surface area contributed by atoms with Gasteiger partial charge in [-0.2, -0.15) is 0 Å². The molecular formula is C18H38Cl2N4O4. The molecule has 10 heteroatoms. The van der Waals surface area contributed by atoms with Gasteiger partial charge in [-0.05, 0) is 67.2 Å². The number of carbonyl (C=O) groups excluding carboxylic acids is 2. The first kappa shape index (κ1) is 29.2. The van der Waals surface area contributed by atoms with Crippen molar-refractivity contribution in [2.75, 3.05) is 0 Å². The van der Waals surface area contributed by atoms with Gasteiger partial charge in [0.25, 0.3) is 0 Å². The summed E-state index contributed by atoms with van der Waals surface area (Å²) in [7, 11) is 0. The van der Waals surface area contributed by atoms with Gasteiger partial charge in [0.05, 0.1) is 0 Å². The highest BCUT2D eigenvalue weighted by Crippen LogP contribution is 2.19. The van der Waals surface area contributed by atoms with Crippen LogP contribution < -0.4 is 22.1 Å². The Labute approximate surface area is 181 Å². The van der Waals surface area contributed by atoms with Crippen molar-refractivity contribution in [3.05, 3.63) is 0 Å². The van der Waals surface area contributed by atoms with Gasteiger partial charge in [0.1, 0.15) is 11.2 Å². The van der Waals surface area contributed by atoms with Crippen molar-refractivity contribution in [2.24, 2.45) is 11.5 Å². The second-order valence-electron chi connectivity index (χ2n) is 8.99. The molecule has 0 saturated heterocycles. The molecular weight excluding hydrogens is 407 g/mol. The maximum absolute atomic E-state index is 11.2. The van der Waals surface area contributed by atoms with Crippen molar-refractivity contribution in [2.45, 2.75) is 103 Å². The summed E-state index contributed by atoms with van der Waals surface area (Å²) in [6.07, 6.45) is 3.15. The van der Waals surface area contributed by atoms with Gasteiger partial charge in [0, 0.05) is 24.2 Å². The van der Waals surface area contributed by atoms with E-state index in [2.05, 4.69) is 10.6 Å². The van der Waals surface area contributed by atoms with Gasteiger partial charge in [0.2, 0.25) is 0 Å². The number of ether oxygens (including phenoxy) is 2. The highest BCUT2D eigenvalue weighted by molar-refractivity contribution is 5.85. The van der Waals surface area contributed by atoms with Crippen LogP contribution >= 0.6 is 24.8 Å². The minimum absolute atomic E-state index is 0. The Hall–Kier alpha value is -0.960. The fraction of sp³-hybridized carbons (Fsp3) is 0.889. The van der Waals surface area contributed by atoms with E-state index in [9.17, 15) is 9.59 Å². The predicted octanol–water partition coefficient (Wildman–Crippen LogP) is 2.85. The molecule has 168 valence electrons. The lowest BCUT2D eigenvalue weighted by Crippen LogP contribution is -2.55. The van der Waals surface area contributed by atoms with E-state index in [1.165, 1.54) is 0 Å². The number of carbonyl (C=O) groups is 2. The summed E-state index contributed by atoms with van der Waals surface area (Å²) in [5.41, 5.74) is 10.5. The van der Waals surface area contributed by atoms with Gasteiger partial charge in [-0.3, -0.25) is 0 Å². The van der Waals surface area contributed by atoms with Crippen LogP contribution in [-0.2, 0) is 9.47 Å². The Balaban J connectivity index is 0. The molecule has 2 rings (SSSR count). The molecule has 28 heavy (non-hydrogen) atoms. The number of rotatable bonds is 2. The first-order valence-corrected chi connectivity index (χ1v) is 9.27. The van der Waals surface area contributed by atoms with Crippen molar-refractivity contribution in [1.82, 2.24) is 10.6 Å². The lowest BCUT2D eigenvalue weighted by Gasteiger charge is -2.34. The van der Waals surface area contributed by atoms with Gasteiger partial charge < -0.3 is 31.6 Å². The molecule has 0 aliphatic heterocycles. The van der Waals surface area contributed by atoms with E-state index in [-0.39, 0.29) is 61.2 Å². The average molecular weight is 445 g/mol. The van der Waals surface area contributed by atoms with E-state index in [0.717, 1.165) is 25.7 Å². The zero-order valence-electron chi connectivity index (χ0n) is 17.7. The zero-order valence-corrected chi connectivity index (χ0v) is 19.4. The largest absolute Gasteiger partial charge is 0.444 e. The van der Waals surface area contributed by atoms with Gasteiger partial charge in [-0.1, -0.05) is 0 Å². The SMILES string of the molecule is CC(C)(C)OC(=O)N[C@@H]1CC[C@@H]1N.CC(C)(C)OC(=O)N[C@H]1CC[C@H]1N.Cl.Cl. The van der Waals surface area contributed by atoms with E-state index < -0.39 is 11.2 Å². The number of alkyl carbamates (subject to hydrolysis) is 2. The fourth-order valence-electron chi connectivity index (χ4n) is 2.33. The summed E-state index contributed by atoms with van der Waals surface area (Å²) in [6.45, 7) is 11.0. The van der Waals surface area contributed by atoms with Gasteiger partial charge in [-0.25, -0.2) is 9.59 Å². The minimum Gasteiger partial charge on any atom is -0.444 e. The second kappa shape index (κ2) is 11.9. The fourth-order valence-corrected chi connectivity index (χ4v) is 2.33. The molecule has 2 aliphatic carbocycles. The van der Waals surface area contributed by atoms with Crippen LogP contribution in [0.4, 0.5) is 9.59 Å². The van der Waals surface area contributed by atoms with Crippen molar-refractivity contribution < 1.29 is 19.1 Å². The van der Waals surface area contributed by atoms with Crippen LogP contribution in [0, 0.1) is 0 Å². The summed E-state index contributed by atoms with van der Waals surface area (Å²) >= 11 is 0. The number of hydrogen-bond acceptors (Lipinski definition) is 6. The molecule has 6 N–H and O–H groups in total. The van der Waals surface area contributed by atoms with Crippen LogP contribution in [-0.4, -0.2) is 47.6 Å². The highest BCUT2D eigenvalue weighted by atomic mass is 35.5. The maximum atomic E-state index is 11.2. The van der Waals surface area contributed by atoms with E-state index in [1.54, 1.807) is 0 Å². The smallest absolute Gasteiger partial charge is 0.407 e. The van der Waals surface area contributed by atoms with E-state index in [4.69, 9.17) is 20.9 Å². The second-order valence-corrected chi connectivity index (χ2v) is 8.99. The molecule has 0 radical (unpaired) electrons. The van der Waals surface area contributed by atoms with Gasteiger partial charge >= 0.3 is 12.2 Å². The molecule has 2 amide bonds. The summed E-state index contributed by atoms with van der Waals surface area (Å²) in [4.78, 5) is 22.4. The normalized spacial score (nSPS) is 25.7. The van der Waals surface area contributed by atoms with Crippen molar-refractivity contribution >= 4 is 37.0 Å². The van der Waals surface area contributed by atoms with Crippen LogP contribution in [0.15, 0.2) is 0 Å². The van der Waals surface area contributed by atoms with Crippen LogP contribution in [0.3, 0.4) is 0 Å². The number of nitrogens with two attached hydrogens (primary N) is 2. The molecule has 2 aliphatic rings. The predicted molar refractivity (Wildman–Crippen MR) is 115 cm³/mol. The number of amides is 2. The summed E-state index contributed by atoms with van der Waals surface area (Å²) < 4.78 is 10.2. The number of hydrogen-bond donors (Lipinski definition) is 4. The molecule has 0 aromatic carbocycles. The van der Waals surface area contributed by atoms with Crippen molar-refractivity contribution in [1.29, 1.82) is 0 Å². The van der Waals surface area contributed by atoms with Crippen LogP contribution in [0.2, 0.25) is 0 Å². The molecule has 0 bridgehead atoms. The van der Waals surface area contributed by atoms with Gasteiger partial charge in [0.15, 0.2) is 0 Å². The maximum Gasteiger partial charge on any atom is 0.407 e. The number of halogens is 2. The van der Waals surface area contributed by atoms with Crippen LogP contribution in [0.1, 0.15) is 67.2 Å². The third-order valence-corrected chi connectivity index (χ3v) is 4.06. The molecule has 4 atom stereocenters. The molecule has 8 nitrogen and oxygen atoms in total. The monoisotopic (exact) mass is 444 g/mol. The lowest BCUT2D eigenvalue weighted by molar-refractivity contribution is 0.0456.